The van der Waals surface area contributed by atoms with Gasteiger partial charge in [-0.2, -0.15) is 0 Å². The predicted octanol–water partition coefficient (Wildman–Crippen LogP) is 7.51. The maximum Gasteiger partial charge on any atom is 0.174 e. The second-order valence-corrected chi connectivity index (χ2v) is 8.39. The van der Waals surface area contributed by atoms with Gasteiger partial charge in [0.05, 0.1) is 5.92 Å². The molecule has 0 aromatic heterocycles. The van der Waals surface area contributed by atoms with Crippen LogP contribution in [0.2, 0.25) is 10.0 Å². The number of ketones is 2. The molecule has 0 saturated carbocycles. The van der Waals surface area contributed by atoms with Gasteiger partial charge in [0.15, 0.2) is 11.6 Å². The van der Waals surface area contributed by atoms with Gasteiger partial charge in [-0.05, 0) is 35.4 Å². The van der Waals surface area contributed by atoms with E-state index in [4.69, 9.17) is 23.2 Å². The molecular weight excluding hydrogens is 439 g/mol. The van der Waals surface area contributed by atoms with E-state index < -0.39 is 11.8 Å². The highest BCUT2D eigenvalue weighted by atomic mass is 35.5. The van der Waals surface area contributed by atoms with Gasteiger partial charge in [-0.25, -0.2) is 0 Å². The molecule has 158 valence electrons. The lowest BCUT2D eigenvalue weighted by molar-refractivity contribution is 0.0793. The molecule has 0 fully saturated rings. The third-order valence-corrected chi connectivity index (χ3v) is 5.98. The number of hydrogen-bond acceptors (Lipinski definition) is 2. The molecule has 0 saturated heterocycles. The Morgan fingerprint density at radius 3 is 1.19 bits per heavy atom. The highest BCUT2D eigenvalue weighted by molar-refractivity contribution is 6.30. The lowest BCUT2D eigenvalue weighted by Crippen LogP contribution is -2.31. The van der Waals surface area contributed by atoms with Gasteiger partial charge in [0, 0.05) is 27.1 Å². The van der Waals surface area contributed by atoms with E-state index in [-0.39, 0.29) is 11.6 Å². The van der Waals surface area contributed by atoms with Crippen molar-refractivity contribution in [1.82, 2.24) is 0 Å². The number of halogens is 2. The first-order chi connectivity index (χ1) is 15.5. The molecular formula is C28H20Cl2O2. The first kappa shape index (κ1) is 22.0. The van der Waals surface area contributed by atoms with Gasteiger partial charge in [-0.1, -0.05) is 108 Å². The largest absolute Gasteiger partial charge is 0.293 e. The minimum atomic E-state index is -0.956. The van der Waals surface area contributed by atoms with Crippen LogP contribution in [0.25, 0.3) is 0 Å². The van der Waals surface area contributed by atoms with Gasteiger partial charge in [0.25, 0.3) is 0 Å². The summed E-state index contributed by atoms with van der Waals surface area (Å²) in [6.45, 7) is 0. The zero-order valence-electron chi connectivity index (χ0n) is 17.1. The maximum atomic E-state index is 13.8. The Hall–Kier alpha value is -3.20. The molecule has 0 radical (unpaired) electrons. The lowest BCUT2D eigenvalue weighted by Gasteiger charge is -2.27. The summed E-state index contributed by atoms with van der Waals surface area (Å²) in [5.74, 6) is -1.92. The Kier molecular flexibility index (Phi) is 6.84. The average Bonchev–Trinajstić information content (AvgIpc) is 2.84. The van der Waals surface area contributed by atoms with Crippen LogP contribution < -0.4 is 0 Å². The monoisotopic (exact) mass is 458 g/mol. The van der Waals surface area contributed by atoms with Crippen LogP contribution in [0.1, 0.15) is 37.8 Å². The van der Waals surface area contributed by atoms with Crippen LogP contribution in [0, 0.1) is 5.92 Å². The van der Waals surface area contributed by atoms with Crippen LogP contribution >= 0.6 is 23.2 Å². The Morgan fingerprint density at radius 1 is 0.500 bits per heavy atom. The second-order valence-electron chi connectivity index (χ2n) is 7.52. The third kappa shape index (κ3) is 4.83. The molecule has 4 rings (SSSR count). The van der Waals surface area contributed by atoms with Crippen LogP contribution in [-0.4, -0.2) is 11.6 Å². The van der Waals surface area contributed by atoms with Gasteiger partial charge in [-0.3, -0.25) is 9.59 Å². The molecule has 4 aromatic carbocycles. The van der Waals surface area contributed by atoms with E-state index in [1.165, 1.54) is 0 Å². The number of benzene rings is 4. The molecule has 32 heavy (non-hydrogen) atoms. The summed E-state index contributed by atoms with van der Waals surface area (Å²) in [5.41, 5.74) is 2.65. The van der Waals surface area contributed by atoms with E-state index >= 15 is 0 Å². The van der Waals surface area contributed by atoms with Crippen molar-refractivity contribution >= 4 is 34.8 Å². The summed E-state index contributed by atoms with van der Waals surface area (Å²) >= 11 is 12.3. The predicted molar refractivity (Wildman–Crippen MR) is 130 cm³/mol. The fraction of sp³-hybridized carbons (Fsp3) is 0.0714. The van der Waals surface area contributed by atoms with E-state index in [0.29, 0.717) is 21.2 Å². The SMILES string of the molecule is O=C(c1ccccc1)C(C(=O)c1ccccc1)C(c1ccc(Cl)cc1)c1ccc(Cl)cc1. The number of rotatable bonds is 7. The lowest BCUT2D eigenvalue weighted by atomic mass is 9.73. The Labute approximate surface area is 197 Å². The van der Waals surface area contributed by atoms with Crippen molar-refractivity contribution in [2.45, 2.75) is 5.92 Å². The highest BCUT2D eigenvalue weighted by Gasteiger charge is 2.37. The third-order valence-electron chi connectivity index (χ3n) is 5.47. The van der Waals surface area contributed by atoms with Gasteiger partial charge in [0.2, 0.25) is 0 Å². The van der Waals surface area contributed by atoms with Gasteiger partial charge in [-0.15, -0.1) is 0 Å². The normalized spacial score (nSPS) is 11.0. The summed E-state index contributed by atoms with van der Waals surface area (Å²) in [6, 6.07) is 32.4. The molecule has 0 amide bonds. The molecule has 4 aromatic rings. The molecule has 0 heterocycles. The molecule has 0 aliphatic heterocycles. The van der Waals surface area contributed by atoms with E-state index in [0.717, 1.165) is 11.1 Å². The molecule has 0 aliphatic rings. The van der Waals surface area contributed by atoms with E-state index in [2.05, 4.69) is 0 Å². The van der Waals surface area contributed by atoms with Crippen LogP contribution in [0.15, 0.2) is 109 Å². The molecule has 0 spiro atoms. The van der Waals surface area contributed by atoms with E-state index in [1.807, 2.05) is 36.4 Å². The van der Waals surface area contributed by atoms with Crippen molar-refractivity contribution in [3.63, 3.8) is 0 Å². The van der Waals surface area contributed by atoms with Crippen molar-refractivity contribution in [3.8, 4) is 0 Å². The zero-order chi connectivity index (χ0) is 22.5. The minimum absolute atomic E-state index is 0.227. The van der Waals surface area contributed by atoms with E-state index in [9.17, 15) is 9.59 Å². The first-order valence-electron chi connectivity index (χ1n) is 10.2. The molecule has 4 heteroatoms. The van der Waals surface area contributed by atoms with Crippen molar-refractivity contribution in [3.05, 3.63) is 141 Å². The fourth-order valence-electron chi connectivity index (χ4n) is 3.90. The molecule has 0 atom stereocenters. The first-order valence-corrected chi connectivity index (χ1v) is 11.0. The smallest absolute Gasteiger partial charge is 0.174 e. The second kappa shape index (κ2) is 9.95. The summed E-state index contributed by atoms with van der Waals surface area (Å²) in [7, 11) is 0. The van der Waals surface area contributed by atoms with Crippen molar-refractivity contribution in [1.29, 1.82) is 0 Å². The quantitative estimate of drug-likeness (QED) is 0.212. The van der Waals surface area contributed by atoms with Crippen molar-refractivity contribution in [2.24, 2.45) is 5.92 Å². The minimum Gasteiger partial charge on any atom is -0.293 e. The molecule has 0 aliphatic carbocycles. The summed E-state index contributed by atoms with van der Waals surface area (Å²) in [4.78, 5) is 27.6. The maximum absolute atomic E-state index is 13.8. The van der Waals surface area contributed by atoms with Crippen molar-refractivity contribution in [2.75, 3.05) is 0 Å². The molecule has 0 bridgehead atoms. The zero-order valence-corrected chi connectivity index (χ0v) is 18.6. The topological polar surface area (TPSA) is 34.1 Å². The Balaban J connectivity index is 1.91. The van der Waals surface area contributed by atoms with Gasteiger partial charge in [0.1, 0.15) is 0 Å². The van der Waals surface area contributed by atoms with E-state index in [1.54, 1.807) is 72.8 Å². The molecule has 0 N–H and O–H groups in total. The summed E-state index contributed by atoms with van der Waals surface area (Å²) < 4.78 is 0. The van der Waals surface area contributed by atoms with Crippen LogP contribution in [0.5, 0.6) is 0 Å². The number of Topliss-reactive ketones (excluding diaryl/α,β-unsaturated/α-hetero) is 2. The van der Waals surface area contributed by atoms with Gasteiger partial charge >= 0.3 is 0 Å². The van der Waals surface area contributed by atoms with Crippen LogP contribution in [-0.2, 0) is 0 Å². The van der Waals surface area contributed by atoms with Gasteiger partial charge < -0.3 is 0 Å². The highest BCUT2D eigenvalue weighted by Crippen LogP contribution is 2.37. The Morgan fingerprint density at radius 2 is 0.844 bits per heavy atom. The number of carbonyl (C=O) groups excluding carboxylic acids is 2. The Bertz CT molecular complexity index is 1110. The standard InChI is InChI=1S/C28H20Cl2O2/c29-23-15-11-19(12-16-23)25(20-13-17-24(30)18-14-20)26(27(31)21-7-3-1-4-8-21)28(32)22-9-5-2-6-10-22/h1-18,25-26H. The van der Waals surface area contributed by atoms with Crippen LogP contribution in [0.4, 0.5) is 0 Å². The summed E-state index contributed by atoms with van der Waals surface area (Å²) in [6.07, 6.45) is 0. The number of hydrogen-bond donors (Lipinski definition) is 0. The molecule has 0 unspecified atom stereocenters. The number of carbonyl (C=O) groups is 2. The molecule has 2 nitrogen and oxygen atoms in total. The van der Waals surface area contributed by atoms with Crippen molar-refractivity contribution < 1.29 is 9.59 Å². The summed E-state index contributed by atoms with van der Waals surface area (Å²) in [5, 5.41) is 1.17. The van der Waals surface area contributed by atoms with Crippen LogP contribution in [0.3, 0.4) is 0 Å². The average molecular weight is 459 g/mol. The fourth-order valence-corrected chi connectivity index (χ4v) is 4.16.